The van der Waals surface area contributed by atoms with Crippen LogP contribution in [0.2, 0.25) is 0 Å². The molecule has 1 atom stereocenters. The SMILES string of the molecule is CCCCC(CSC(C)(C)C)(C(=O)N=[N+]=[N-])C(=O)OC. The lowest BCUT2D eigenvalue weighted by atomic mass is 9.84. The number of rotatable bonds is 7. The highest BCUT2D eigenvalue weighted by Crippen LogP contribution is 2.37. The van der Waals surface area contributed by atoms with Crippen LogP contribution < -0.4 is 0 Å². The van der Waals surface area contributed by atoms with E-state index >= 15 is 0 Å². The van der Waals surface area contributed by atoms with Crippen LogP contribution >= 0.6 is 11.8 Å². The fourth-order valence-corrected chi connectivity index (χ4v) is 2.70. The Balaban J connectivity index is 5.46. The van der Waals surface area contributed by atoms with E-state index in [4.69, 9.17) is 10.3 Å². The Bertz CT molecular complexity index is 400. The fraction of sp³-hybridized carbons (Fsp3) is 0.846. The Morgan fingerprint density at radius 2 is 1.95 bits per heavy atom. The van der Waals surface area contributed by atoms with E-state index in [-0.39, 0.29) is 10.5 Å². The number of methoxy groups -OCH3 is 1. The van der Waals surface area contributed by atoms with Crippen molar-refractivity contribution in [3.63, 3.8) is 0 Å². The highest BCUT2D eigenvalue weighted by atomic mass is 32.2. The van der Waals surface area contributed by atoms with E-state index in [1.807, 2.05) is 27.7 Å². The van der Waals surface area contributed by atoms with Crippen molar-refractivity contribution in [3.05, 3.63) is 10.4 Å². The van der Waals surface area contributed by atoms with Crippen molar-refractivity contribution in [3.8, 4) is 0 Å². The summed E-state index contributed by atoms with van der Waals surface area (Å²) in [5, 5.41) is 3.15. The van der Waals surface area contributed by atoms with Gasteiger partial charge in [0.15, 0.2) is 0 Å². The number of esters is 1. The third-order valence-electron chi connectivity index (χ3n) is 2.83. The molecule has 0 aliphatic carbocycles. The Kier molecular flexibility index (Phi) is 7.68. The molecule has 0 saturated carbocycles. The number of thioether (sulfide) groups is 1. The molecule has 0 N–H and O–H groups in total. The van der Waals surface area contributed by atoms with Crippen molar-refractivity contribution in [1.29, 1.82) is 0 Å². The maximum Gasteiger partial charge on any atom is 0.320 e. The monoisotopic (exact) mass is 301 g/mol. The zero-order chi connectivity index (χ0) is 15.8. The fourth-order valence-electron chi connectivity index (χ4n) is 1.64. The van der Waals surface area contributed by atoms with Crippen LogP contribution in [-0.2, 0) is 14.3 Å². The third kappa shape index (κ3) is 5.43. The van der Waals surface area contributed by atoms with Gasteiger partial charge in [0, 0.05) is 15.4 Å². The number of azide groups is 1. The van der Waals surface area contributed by atoms with E-state index < -0.39 is 17.3 Å². The number of ether oxygens (including phenoxy) is 1. The predicted octanol–water partition coefficient (Wildman–Crippen LogP) is 3.70. The molecule has 0 aromatic carbocycles. The topological polar surface area (TPSA) is 92.1 Å². The second kappa shape index (κ2) is 8.17. The van der Waals surface area contributed by atoms with Gasteiger partial charge in [0.25, 0.3) is 0 Å². The molecule has 6 nitrogen and oxygen atoms in total. The van der Waals surface area contributed by atoms with Crippen molar-refractivity contribution in [2.24, 2.45) is 10.5 Å². The van der Waals surface area contributed by atoms with Crippen LogP contribution in [0.3, 0.4) is 0 Å². The lowest BCUT2D eigenvalue weighted by Crippen LogP contribution is -2.42. The summed E-state index contributed by atoms with van der Waals surface area (Å²) in [5.41, 5.74) is 7.11. The number of carbonyl (C=O) groups is 2. The molecule has 0 aromatic rings. The first-order chi connectivity index (χ1) is 9.23. The lowest BCUT2D eigenvalue weighted by Gasteiger charge is -2.30. The molecule has 0 rings (SSSR count). The van der Waals surface area contributed by atoms with Crippen molar-refractivity contribution in [2.75, 3.05) is 12.9 Å². The van der Waals surface area contributed by atoms with Gasteiger partial charge in [-0.25, -0.2) is 0 Å². The second-order valence-electron chi connectivity index (χ2n) is 5.57. The standard InChI is InChI=1S/C13H23N3O3S/c1-6-7-8-13(11(18)19-5,10(17)15-16-14)9-20-12(2,3)4/h6-9H2,1-5H3. The summed E-state index contributed by atoms with van der Waals surface area (Å²) < 4.78 is 4.68. The third-order valence-corrected chi connectivity index (χ3v) is 4.33. The summed E-state index contributed by atoms with van der Waals surface area (Å²) in [4.78, 5) is 26.8. The number of hydrogen-bond acceptors (Lipinski definition) is 4. The number of hydrogen-bond donors (Lipinski definition) is 0. The van der Waals surface area contributed by atoms with E-state index in [1.54, 1.807) is 0 Å². The number of nitrogens with zero attached hydrogens (tertiary/aromatic N) is 3. The Morgan fingerprint density at radius 1 is 1.35 bits per heavy atom. The molecule has 114 valence electrons. The first kappa shape index (κ1) is 18.8. The summed E-state index contributed by atoms with van der Waals surface area (Å²) in [6, 6.07) is 0. The Labute approximate surface area is 124 Å². The van der Waals surface area contributed by atoms with Crippen molar-refractivity contribution >= 4 is 23.6 Å². The van der Waals surface area contributed by atoms with E-state index in [0.717, 1.165) is 6.42 Å². The second-order valence-corrected chi connectivity index (χ2v) is 7.37. The van der Waals surface area contributed by atoms with E-state index in [1.165, 1.54) is 18.9 Å². The zero-order valence-electron chi connectivity index (χ0n) is 12.8. The van der Waals surface area contributed by atoms with Crippen molar-refractivity contribution < 1.29 is 14.3 Å². The van der Waals surface area contributed by atoms with Crippen LogP contribution in [0.4, 0.5) is 0 Å². The average molecular weight is 301 g/mol. The van der Waals surface area contributed by atoms with Gasteiger partial charge < -0.3 is 4.74 Å². The maximum atomic E-state index is 12.2. The normalized spacial score (nSPS) is 14.1. The molecular weight excluding hydrogens is 278 g/mol. The van der Waals surface area contributed by atoms with Gasteiger partial charge in [0.05, 0.1) is 7.11 Å². The average Bonchev–Trinajstić information content (AvgIpc) is 2.37. The molecule has 0 fully saturated rings. The summed E-state index contributed by atoms with van der Waals surface area (Å²) in [7, 11) is 1.24. The largest absolute Gasteiger partial charge is 0.468 e. The zero-order valence-corrected chi connectivity index (χ0v) is 13.6. The highest BCUT2D eigenvalue weighted by Gasteiger charge is 2.46. The minimum absolute atomic E-state index is 0.109. The van der Waals surface area contributed by atoms with Crippen molar-refractivity contribution in [2.45, 2.75) is 51.7 Å². The molecule has 0 spiro atoms. The van der Waals surface area contributed by atoms with Gasteiger partial charge in [-0.05, 0) is 17.1 Å². The van der Waals surface area contributed by atoms with Gasteiger partial charge in [-0.3, -0.25) is 9.59 Å². The lowest BCUT2D eigenvalue weighted by molar-refractivity contribution is -0.156. The van der Waals surface area contributed by atoms with E-state index in [2.05, 4.69) is 10.0 Å². The van der Waals surface area contributed by atoms with Crippen molar-refractivity contribution in [1.82, 2.24) is 0 Å². The molecule has 0 saturated heterocycles. The molecule has 1 unspecified atom stereocenters. The van der Waals surface area contributed by atoms with E-state index in [9.17, 15) is 9.59 Å². The molecule has 0 radical (unpaired) electrons. The smallest absolute Gasteiger partial charge is 0.320 e. The maximum absolute atomic E-state index is 12.2. The van der Waals surface area contributed by atoms with Crippen LogP contribution in [0.25, 0.3) is 10.4 Å². The van der Waals surface area contributed by atoms with Crippen LogP contribution in [0.15, 0.2) is 5.11 Å². The van der Waals surface area contributed by atoms with Gasteiger partial charge in [-0.2, -0.15) is 11.8 Å². The summed E-state index contributed by atoms with van der Waals surface area (Å²) in [6.45, 7) is 7.96. The first-order valence-corrected chi connectivity index (χ1v) is 7.54. The Morgan fingerprint density at radius 3 is 2.35 bits per heavy atom. The highest BCUT2D eigenvalue weighted by molar-refractivity contribution is 8.00. The quantitative estimate of drug-likeness (QED) is 0.235. The molecule has 20 heavy (non-hydrogen) atoms. The summed E-state index contributed by atoms with van der Waals surface area (Å²) in [5.74, 6) is -1.13. The van der Waals surface area contributed by atoms with Gasteiger partial charge in [0.1, 0.15) is 5.41 Å². The minimum Gasteiger partial charge on any atom is -0.468 e. The number of amides is 1. The van der Waals surface area contributed by atoms with Crippen LogP contribution in [0.5, 0.6) is 0 Å². The van der Waals surface area contributed by atoms with Crippen LogP contribution in [-0.4, -0.2) is 29.5 Å². The minimum atomic E-state index is -1.38. The molecular formula is C13H23N3O3S. The van der Waals surface area contributed by atoms with Gasteiger partial charge in [0.2, 0.25) is 5.91 Å². The van der Waals surface area contributed by atoms with Crippen LogP contribution in [0.1, 0.15) is 47.0 Å². The predicted molar refractivity (Wildman–Crippen MR) is 80.3 cm³/mol. The molecule has 0 aliphatic rings. The Hall–Kier alpha value is -1.20. The molecule has 7 heteroatoms. The van der Waals surface area contributed by atoms with Gasteiger partial charge in [-0.15, -0.1) is 0 Å². The summed E-state index contributed by atoms with van der Waals surface area (Å²) in [6.07, 6.45) is 1.85. The number of carbonyl (C=O) groups excluding carboxylic acids is 2. The van der Waals surface area contributed by atoms with Crippen LogP contribution in [0, 0.1) is 5.41 Å². The molecule has 0 heterocycles. The molecule has 0 aliphatic heterocycles. The van der Waals surface area contributed by atoms with E-state index in [0.29, 0.717) is 12.8 Å². The van der Waals surface area contributed by atoms with Gasteiger partial charge in [-0.1, -0.05) is 40.5 Å². The molecule has 1 amide bonds. The van der Waals surface area contributed by atoms with Gasteiger partial charge >= 0.3 is 5.97 Å². The number of unbranched alkanes of at least 4 members (excludes halogenated alkanes) is 1. The molecule has 0 bridgehead atoms. The summed E-state index contributed by atoms with van der Waals surface area (Å²) >= 11 is 1.48. The molecule has 0 aromatic heterocycles. The first-order valence-electron chi connectivity index (χ1n) is 6.55.